The van der Waals surface area contributed by atoms with Crippen molar-refractivity contribution in [3.8, 4) is 11.5 Å². The van der Waals surface area contributed by atoms with Crippen LogP contribution in [-0.4, -0.2) is 53.6 Å². The van der Waals surface area contributed by atoms with E-state index >= 15 is 0 Å². The summed E-state index contributed by atoms with van der Waals surface area (Å²) in [5.74, 6) is -0.615. The van der Waals surface area contributed by atoms with Gasteiger partial charge in [0, 0.05) is 48.4 Å². The average Bonchev–Trinajstić information content (AvgIpc) is 3.42. The van der Waals surface area contributed by atoms with E-state index in [2.05, 4.69) is 32.8 Å². The largest absolute Gasteiger partial charge is 0.493 e. The number of aromatic nitrogens is 2. The van der Waals surface area contributed by atoms with Crippen molar-refractivity contribution in [2.75, 3.05) is 26.1 Å². The summed E-state index contributed by atoms with van der Waals surface area (Å²) in [7, 11) is 5.10. The van der Waals surface area contributed by atoms with E-state index in [1.807, 2.05) is 20.0 Å². The standard InChI is InChI=1S/C29H34ClF2N5O3/c1-17-21(27(30)36(2)35-17)16-37-12-11-29(18-5-8-24(39-3)25(13-18)40-4)10-9-20(15-26(29)37)34-28(38)33-19-6-7-22(31)23(32)14-19/h5-8,13-14,20,26H,9-12,15-16H2,1-4H3,(H2,33,34,38)/t20-,26+,29+/m1/s1. The highest BCUT2D eigenvalue weighted by Gasteiger charge is 2.52. The molecule has 3 aromatic rings. The molecule has 2 aromatic carbocycles. The Morgan fingerprint density at radius 1 is 1.12 bits per heavy atom. The molecular weight excluding hydrogens is 540 g/mol. The number of hydrogen-bond acceptors (Lipinski definition) is 5. The number of anilines is 1. The molecule has 0 bridgehead atoms. The second kappa shape index (κ2) is 11.2. The third kappa shape index (κ3) is 5.22. The van der Waals surface area contributed by atoms with Gasteiger partial charge in [0.15, 0.2) is 23.1 Å². The maximum Gasteiger partial charge on any atom is 0.319 e. The number of benzene rings is 2. The summed E-state index contributed by atoms with van der Waals surface area (Å²) in [6, 6.07) is 8.96. The molecule has 8 nitrogen and oxygen atoms in total. The first-order chi connectivity index (χ1) is 19.1. The second-order valence-corrected chi connectivity index (χ2v) is 11.0. The van der Waals surface area contributed by atoms with E-state index in [4.69, 9.17) is 21.1 Å². The number of halogens is 3. The predicted molar refractivity (Wildman–Crippen MR) is 149 cm³/mol. The number of nitrogens with zero attached hydrogens (tertiary/aromatic N) is 3. The number of carbonyl (C=O) groups excluding carboxylic acids is 1. The van der Waals surface area contributed by atoms with E-state index in [1.54, 1.807) is 18.9 Å². The number of likely N-dealkylation sites (tertiary alicyclic amines) is 1. The first-order valence-electron chi connectivity index (χ1n) is 13.3. The van der Waals surface area contributed by atoms with Gasteiger partial charge in [-0.2, -0.15) is 5.10 Å². The minimum absolute atomic E-state index is 0.101. The Morgan fingerprint density at radius 2 is 1.90 bits per heavy atom. The lowest BCUT2D eigenvalue weighted by Gasteiger charge is -2.45. The molecule has 1 aromatic heterocycles. The van der Waals surface area contributed by atoms with Gasteiger partial charge in [-0.15, -0.1) is 0 Å². The van der Waals surface area contributed by atoms with Gasteiger partial charge in [-0.3, -0.25) is 9.58 Å². The number of fused-ring (bicyclic) bond motifs is 1. The molecule has 0 unspecified atom stereocenters. The zero-order valence-corrected chi connectivity index (χ0v) is 23.8. The molecule has 2 heterocycles. The topological polar surface area (TPSA) is 80.7 Å². The Morgan fingerprint density at radius 3 is 2.58 bits per heavy atom. The van der Waals surface area contributed by atoms with Crippen molar-refractivity contribution in [1.29, 1.82) is 0 Å². The Hall–Kier alpha value is -3.37. The fourth-order valence-electron chi connectivity index (χ4n) is 6.43. The van der Waals surface area contributed by atoms with Crippen molar-refractivity contribution < 1.29 is 23.0 Å². The number of hydrogen-bond donors (Lipinski definition) is 2. The molecule has 2 aliphatic rings. The molecule has 2 amide bonds. The summed E-state index contributed by atoms with van der Waals surface area (Å²) in [5.41, 5.74) is 3.11. The monoisotopic (exact) mass is 573 g/mol. The molecule has 0 spiro atoms. The Kier molecular flexibility index (Phi) is 7.92. The molecule has 2 fully saturated rings. The third-order valence-corrected chi connectivity index (χ3v) is 8.95. The van der Waals surface area contributed by atoms with Crippen molar-refractivity contribution in [1.82, 2.24) is 20.0 Å². The van der Waals surface area contributed by atoms with Crippen molar-refractivity contribution in [3.05, 3.63) is 70.0 Å². The lowest BCUT2D eigenvalue weighted by Crippen LogP contribution is -2.52. The lowest BCUT2D eigenvalue weighted by molar-refractivity contribution is 0.131. The Labute approximate surface area is 237 Å². The zero-order chi connectivity index (χ0) is 28.6. The van der Waals surface area contributed by atoms with Crippen molar-refractivity contribution in [3.63, 3.8) is 0 Å². The van der Waals surface area contributed by atoms with Gasteiger partial charge < -0.3 is 20.1 Å². The first kappa shape index (κ1) is 28.2. The molecule has 1 aliphatic carbocycles. The number of rotatable bonds is 7. The zero-order valence-electron chi connectivity index (χ0n) is 23.1. The molecule has 1 aliphatic heterocycles. The van der Waals surface area contributed by atoms with Gasteiger partial charge in [-0.1, -0.05) is 17.7 Å². The van der Waals surface area contributed by atoms with Crippen LogP contribution < -0.4 is 20.1 Å². The van der Waals surface area contributed by atoms with E-state index in [-0.39, 0.29) is 23.2 Å². The highest BCUT2D eigenvalue weighted by Crippen LogP contribution is 2.51. The number of carbonyl (C=O) groups is 1. The quantitative estimate of drug-likeness (QED) is 0.387. The van der Waals surface area contributed by atoms with Crippen LogP contribution in [0.25, 0.3) is 0 Å². The van der Waals surface area contributed by atoms with Gasteiger partial charge in [-0.25, -0.2) is 13.6 Å². The minimum atomic E-state index is -1.01. The SMILES string of the molecule is COc1ccc([C@@]23CC[C@@H](NC(=O)Nc4ccc(F)c(F)c4)C[C@@H]2N(Cc2c(C)nn(C)c2Cl)CC3)cc1OC. The van der Waals surface area contributed by atoms with E-state index in [0.29, 0.717) is 29.6 Å². The number of nitrogens with one attached hydrogen (secondary N) is 2. The smallest absolute Gasteiger partial charge is 0.319 e. The summed E-state index contributed by atoms with van der Waals surface area (Å²) in [4.78, 5) is 15.3. The van der Waals surface area contributed by atoms with Gasteiger partial charge in [0.1, 0.15) is 5.15 Å². The van der Waals surface area contributed by atoms with Gasteiger partial charge in [-0.05, 0) is 69.0 Å². The van der Waals surface area contributed by atoms with Crippen molar-refractivity contribution >= 4 is 23.3 Å². The third-order valence-electron chi connectivity index (χ3n) is 8.47. The molecule has 40 heavy (non-hydrogen) atoms. The van der Waals surface area contributed by atoms with Crippen molar-refractivity contribution in [2.45, 2.75) is 56.7 Å². The number of aryl methyl sites for hydroxylation is 2. The van der Waals surface area contributed by atoms with Gasteiger partial charge in [0.25, 0.3) is 0 Å². The molecule has 5 rings (SSSR count). The molecule has 2 N–H and O–H groups in total. The van der Waals surface area contributed by atoms with Crippen LogP contribution in [-0.2, 0) is 19.0 Å². The van der Waals surface area contributed by atoms with E-state index in [9.17, 15) is 13.6 Å². The highest BCUT2D eigenvalue weighted by atomic mass is 35.5. The molecular formula is C29H34ClF2N5O3. The Balaban J connectivity index is 1.41. The second-order valence-electron chi connectivity index (χ2n) is 10.6. The minimum Gasteiger partial charge on any atom is -0.493 e. The highest BCUT2D eigenvalue weighted by molar-refractivity contribution is 6.30. The predicted octanol–water partition coefficient (Wildman–Crippen LogP) is 5.56. The van der Waals surface area contributed by atoms with Gasteiger partial charge >= 0.3 is 6.03 Å². The summed E-state index contributed by atoms with van der Waals surface area (Å²) in [5, 5.41) is 10.8. The summed E-state index contributed by atoms with van der Waals surface area (Å²) >= 11 is 6.62. The van der Waals surface area contributed by atoms with Gasteiger partial charge in [0.2, 0.25) is 0 Å². The van der Waals surface area contributed by atoms with Crippen LogP contribution in [0.1, 0.15) is 42.5 Å². The number of methoxy groups -OCH3 is 2. The van der Waals surface area contributed by atoms with Crippen LogP contribution in [0.15, 0.2) is 36.4 Å². The summed E-state index contributed by atoms with van der Waals surface area (Å²) < 4.78 is 39.8. The molecule has 0 radical (unpaired) electrons. The molecule has 3 atom stereocenters. The molecule has 214 valence electrons. The maximum atomic E-state index is 13.6. The maximum absolute atomic E-state index is 13.6. The number of amides is 2. The fraction of sp³-hybridized carbons (Fsp3) is 0.448. The van der Waals surface area contributed by atoms with Crippen LogP contribution in [0.4, 0.5) is 19.3 Å². The summed E-state index contributed by atoms with van der Waals surface area (Å²) in [6.07, 6.45) is 3.25. The normalized spacial score (nSPS) is 22.6. The lowest BCUT2D eigenvalue weighted by atomic mass is 9.65. The number of urea groups is 1. The van der Waals surface area contributed by atoms with E-state index < -0.39 is 17.7 Å². The Bertz CT molecular complexity index is 1420. The fourth-order valence-corrected chi connectivity index (χ4v) is 6.67. The van der Waals surface area contributed by atoms with E-state index in [1.165, 1.54) is 11.6 Å². The average molecular weight is 574 g/mol. The van der Waals surface area contributed by atoms with Crippen molar-refractivity contribution in [2.24, 2.45) is 7.05 Å². The molecule has 1 saturated carbocycles. The molecule has 11 heteroatoms. The van der Waals surface area contributed by atoms with Crippen LogP contribution in [0.2, 0.25) is 5.15 Å². The van der Waals surface area contributed by atoms with Gasteiger partial charge in [0.05, 0.1) is 19.9 Å². The van der Waals surface area contributed by atoms with Crippen LogP contribution in [0.3, 0.4) is 0 Å². The number of ether oxygens (including phenoxy) is 2. The molecule has 1 saturated heterocycles. The first-order valence-corrected chi connectivity index (χ1v) is 13.7. The van der Waals surface area contributed by atoms with Crippen LogP contribution >= 0.6 is 11.6 Å². The van der Waals surface area contributed by atoms with Crippen LogP contribution in [0.5, 0.6) is 11.5 Å². The van der Waals surface area contributed by atoms with Crippen LogP contribution in [0, 0.1) is 18.6 Å². The van der Waals surface area contributed by atoms with E-state index in [0.717, 1.165) is 49.2 Å². The summed E-state index contributed by atoms with van der Waals surface area (Å²) in [6.45, 7) is 3.47.